The average molecular weight is 299 g/mol. The Bertz CT molecular complexity index is 509. The Morgan fingerprint density at radius 1 is 1.38 bits per heavy atom. The van der Waals surface area contributed by atoms with Crippen molar-refractivity contribution in [1.29, 1.82) is 0 Å². The smallest absolute Gasteiger partial charge is 0.407 e. The summed E-state index contributed by atoms with van der Waals surface area (Å²) in [4.78, 5) is 12.2. The maximum absolute atomic E-state index is 13.7. The van der Waals surface area contributed by atoms with E-state index in [-0.39, 0.29) is 0 Å². The molecule has 21 heavy (non-hydrogen) atoms. The van der Waals surface area contributed by atoms with Crippen LogP contribution in [-0.4, -0.2) is 45.8 Å². The van der Waals surface area contributed by atoms with E-state index in [9.17, 15) is 23.8 Å². The molecule has 1 heterocycles. The predicted octanol–water partition coefficient (Wildman–Crippen LogP) is 2.62. The molecule has 1 aliphatic rings. The maximum atomic E-state index is 13.7. The number of rotatable bonds is 3. The molecule has 0 aliphatic carbocycles. The Balaban J connectivity index is 2.37. The summed E-state index contributed by atoms with van der Waals surface area (Å²) >= 11 is 0. The zero-order valence-electron chi connectivity index (χ0n) is 11.8. The second-order valence-electron chi connectivity index (χ2n) is 5.83. The van der Waals surface area contributed by atoms with Crippen molar-refractivity contribution in [3.8, 4) is 0 Å². The van der Waals surface area contributed by atoms with Gasteiger partial charge in [-0.1, -0.05) is 30.3 Å². The van der Waals surface area contributed by atoms with Crippen molar-refractivity contribution in [3.05, 3.63) is 35.9 Å². The monoisotopic (exact) mass is 299 g/mol. The second kappa shape index (κ2) is 5.60. The first kappa shape index (κ1) is 15.7. The predicted molar refractivity (Wildman–Crippen MR) is 73.4 cm³/mol. The molecular weight excluding hydrogens is 280 g/mol. The Morgan fingerprint density at radius 3 is 2.52 bits per heavy atom. The zero-order valence-corrected chi connectivity index (χ0v) is 11.8. The Hall–Kier alpha value is -1.69. The van der Waals surface area contributed by atoms with E-state index in [1.165, 1.54) is 0 Å². The number of hydrogen-bond donors (Lipinski definition) is 2. The van der Waals surface area contributed by atoms with Crippen molar-refractivity contribution in [1.82, 2.24) is 4.90 Å². The van der Waals surface area contributed by atoms with Gasteiger partial charge in [0.1, 0.15) is 0 Å². The van der Waals surface area contributed by atoms with Crippen LogP contribution >= 0.6 is 0 Å². The van der Waals surface area contributed by atoms with Crippen LogP contribution in [0.25, 0.3) is 0 Å². The van der Waals surface area contributed by atoms with Crippen LogP contribution in [-0.2, 0) is 6.42 Å². The highest BCUT2D eigenvalue weighted by atomic mass is 19.3. The summed E-state index contributed by atoms with van der Waals surface area (Å²) in [5.41, 5.74) is -0.196. The van der Waals surface area contributed by atoms with Gasteiger partial charge in [-0.2, -0.15) is 0 Å². The van der Waals surface area contributed by atoms with Crippen LogP contribution in [0.1, 0.15) is 18.9 Å². The van der Waals surface area contributed by atoms with Crippen LogP contribution in [0.4, 0.5) is 13.6 Å². The van der Waals surface area contributed by atoms with Gasteiger partial charge in [-0.15, -0.1) is 0 Å². The third kappa shape index (κ3) is 3.15. The molecule has 0 radical (unpaired) electrons. The highest BCUT2D eigenvalue weighted by Crippen LogP contribution is 2.42. The van der Waals surface area contributed by atoms with Gasteiger partial charge in [0, 0.05) is 18.9 Å². The molecule has 0 spiro atoms. The van der Waals surface area contributed by atoms with Gasteiger partial charge in [-0.3, -0.25) is 4.90 Å². The summed E-state index contributed by atoms with van der Waals surface area (Å²) in [7, 11) is 0. The summed E-state index contributed by atoms with van der Waals surface area (Å²) in [6.45, 7) is 0.328. The topological polar surface area (TPSA) is 60.8 Å². The number of aliphatic hydroxyl groups excluding tert-OH is 1. The van der Waals surface area contributed by atoms with Gasteiger partial charge >= 0.3 is 6.09 Å². The van der Waals surface area contributed by atoms with Gasteiger partial charge in [-0.05, 0) is 18.9 Å². The largest absolute Gasteiger partial charge is 0.465 e. The number of likely N-dealkylation sites (tertiary alicyclic amines) is 1. The maximum Gasteiger partial charge on any atom is 0.407 e. The first-order valence-corrected chi connectivity index (χ1v) is 6.82. The van der Waals surface area contributed by atoms with Crippen LogP contribution in [0.3, 0.4) is 0 Å². The molecule has 2 unspecified atom stereocenters. The van der Waals surface area contributed by atoms with E-state index in [1.54, 1.807) is 6.92 Å². The van der Waals surface area contributed by atoms with Gasteiger partial charge in [-0.25, -0.2) is 13.6 Å². The lowest BCUT2D eigenvalue weighted by atomic mass is 9.73. The van der Waals surface area contributed by atoms with Crippen molar-refractivity contribution in [2.45, 2.75) is 31.2 Å². The number of aliphatic hydroxyl groups is 1. The number of halogens is 2. The summed E-state index contributed by atoms with van der Waals surface area (Å²) < 4.78 is 27.4. The molecule has 2 atom stereocenters. The molecule has 1 aromatic carbocycles. The molecule has 4 nitrogen and oxygen atoms in total. The van der Waals surface area contributed by atoms with Crippen LogP contribution in [0, 0.1) is 5.92 Å². The SMILES string of the molecule is CC1(Cc2ccccc2)C(CO)CC(F)(F)CN1C(=O)O. The van der Waals surface area contributed by atoms with Gasteiger partial charge in [0.15, 0.2) is 0 Å². The van der Waals surface area contributed by atoms with Crippen LogP contribution < -0.4 is 0 Å². The normalized spacial score (nSPS) is 28.4. The minimum absolute atomic E-state index is 0.293. The van der Waals surface area contributed by atoms with Crippen molar-refractivity contribution in [3.63, 3.8) is 0 Å². The summed E-state index contributed by atoms with van der Waals surface area (Å²) in [6.07, 6.45) is -1.59. The standard InChI is InChI=1S/C15H19F2NO3/c1-14(7-11-5-3-2-4-6-11)12(9-19)8-15(16,17)10-18(14)13(20)21/h2-6,12,19H,7-10H2,1H3,(H,20,21). The number of carboxylic acid groups (broad SMARTS) is 1. The van der Waals surface area contributed by atoms with Crippen LogP contribution in [0.2, 0.25) is 0 Å². The van der Waals surface area contributed by atoms with Gasteiger partial charge in [0.2, 0.25) is 0 Å². The molecule has 0 bridgehead atoms. The van der Waals surface area contributed by atoms with E-state index in [1.807, 2.05) is 30.3 Å². The van der Waals surface area contributed by atoms with Crippen LogP contribution in [0.5, 0.6) is 0 Å². The average Bonchev–Trinajstić information content (AvgIpc) is 2.42. The highest BCUT2D eigenvalue weighted by molar-refractivity contribution is 5.66. The van der Waals surface area contributed by atoms with E-state index in [0.717, 1.165) is 10.5 Å². The number of amides is 1. The molecule has 1 aromatic rings. The number of alkyl halides is 2. The Kier molecular flexibility index (Phi) is 4.18. The number of carbonyl (C=O) groups is 1. The number of nitrogens with zero attached hydrogens (tertiary/aromatic N) is 1. The zero-order chi connectivity index (χ0) is 15.7. The van der Waals surface area contributed by atoms with Gasteiger partial charge in [0.05, 0.1) is 12.1 Å². The summed E-state index contributed by atoms with van der Waals surface area (Å²) in [5.74, 6) is -3.92. The van der Waals surface area contributed by atoms with Crippen LogP contribution in [0.15, 0.2) is 30.3 Å². The third-order valence-corrected chi connectivity index (χ3v) is 4.29. The van der Waals surface area contributed by atoms with E-state index in [2.05, 4.69) is 0 Å². The lowest BCUT2D eigenvalue weighted by Gasteiger charge is -2.50. The molecule has 2 N–H and O–H groups in total. The van der Waals surface area contributed by atoms with E-state index in [0.29, 0.717) is 6.42 Å². The summed E-state index contributed by atoms with van der Waals surface area (Å²) in [6, 6.07) is 9.11. The first-order chi connectivity index (χ1) is 9.78. The fraction of sp³-hybridized carbons (Fsp3) is 0.533. The summed E-state index contributed by atoms with van der Waals surface area (Å²) in [5, 5.41) is 18.8. The fourth-order valence-corrected chi connectivity index (χ4v) is 3.07. The molecule has 2 rings (SSSR count). The second-order valence-corrected chi connectivity index (χ2v) is 5.83. The van der Waals surface area contributed by atoms with Crippen molar-refractivity contribution in [2.24, 2.45) is 5.92 Å². The Morgan fingerprint density at radius 2 is 2.00 bits per heavy atom. The van der Waals surface area contributed by atoms with Crippen molar-refractivity contribution in [2.75, 3.05) is 13.2 Å². The fourth-order valence-electron chi connectivity index (χ4n) is 3.07. The molecule has 0 aromatic heterocycles. The first-order valence-electron chi connectivity index (χ1n) is 6.82. The number of piperidine rings is 1. The lowest BCUT2D eigenvalue weighted by molar-refractivity contribution is -0.135. The third-order valence-electron chi connectivity index (χ3n) is 4.29. The minimum atomic E-state index is -3.11. The highest BCUT2D eigenvalue weighted by Gasteiger charge is 2.54. The lowest BCUT2D eigenvalue weighted by Crippen LogP contribution is -2.64. The van der Waals surface area contributed by atoms with E-state index >= 15 is 0 Å². The Labute approximate surface area is 122 Å². The molecule has 6 heteroatoms. The molecule has 1 amide bonds. The molecule has 1 saturated heterocycles. The van der Waals surface area contributed by atoms with Crippen molar-refractivity contribution >= 4 is 6.09 Å². The number of benzene rings is 1. The van der Waals surface area contributed by atoms with Gasteiger partial charge in [0.25, 0.3) is 5.92 Å². The van der Waals surface area contributed by atoms with E-state index in [4.69, 9.17) is 0 Å². The molecule has 116 valence electrons. The van der Waals surface area contributed by atoms with Crippen molar-refractivity contribution < 1.29 is 23.8 Å². The minimum Gasteiger partial charge on any atom is -0.465 e. The molecule has 1 fully saturated rings. The van der Waals surface area contributed by atoms with E-state index < -0.39 is 43.0 Å². The van der Waals surface area contributed by atoms with Gasteiger partial charge < -0.3 is 10.2 Å². The quantitative estimate of drug-likeness (QED) is 0.902. The molecular formula is C15H19F2NO3. The molecule has 1 aliphatic heterocycles. The molecule has 0 saturated carbocycles. The number of hydrogen-bond acceptors (Lipinski definition) is 2.